The average molecular weight is 326 g/mol. The van der Waals surface area contributed by atoms with E-state index in [1.54, 1.807) is 30.6 Å². The first-order valence-corrected chi connectivity index (χ1v) is 7.85. The molecule has 0 spiro atoms. The molecule has 1 aromatic carbocycles. The van der Waals surface area contributed by atoms with Gasteiger partial charge in [-0.3, -0.25) is 9.78 Å². The zero-order valence-corrected chi connectivity index (χ0v) is 13.3. The maximum Gasteiger partial charge on any atom is 0.257 e. The molecular weight excluding hydrogens is 312 g/mol. The van der Waals surface area contributed by atoms with E-state index in [9.17, 15) is 4.79 Å². The number of carbonyl (C=O) groups is 1. The number of para-hydroxylation sites is 1. The summed E-state index contributed by atoms with van der Waals surface area (Å²) in [6.07, 6.45) is 3.35. The van der Waals surface area contributed by atoms with E-state index >= 15 is 0 Å². The van der Waals surface area contributed by atoms with Gasteiger partial charge in [-0.1, -0.05) is 30.3 Å². The summed E-state index contributed by atoms with van der Waals surface area (Å²) in [6.45, 7) is 0. The Balaban J connectivity index is 1.83. The van der Waals surface area contributed by atoms with E-state index in [-0.39, 0.29) is 5.91 Å². The number of rotatable bonds is 3. The van der Waals surface area contributed by atoms with Crippen LogP contribution in [0.4, 0.5) is 5.82 Å². The van der Waals surface area contributed by atoms with Gasteiger partial charge >= 0.3 is 0 Å². The number of hydrogen-bond donors (Lipinski definition) is 1. The smallest absolute Gasteiger partial charge is 0.257 e. The van der Waals surface area contributed by atoms with Crippen LogP contribution in [-0.4, -0.2) is 20.9 Å². The lowest BCUT2D eigenvalue weighted by atomic mass is 10.1. The number of fused-ring (bicyclic) bond motifs is 1. The summed E-state index contributed by atoms with van der Waals surface area (Å²) in [4.78, 5) is 25.9. The lowest BCUT2D eigenvalue weighted by molar-refractivity contribution is 0.102. The molecule has 1 amide bonds. The van der Waals surface area contributed by atoms with Gasteiger partial charge in [0.05, 0.1) is 22.5 Å². The lowest BCUT2D eigenvalue weighted by Gasteiger charge is -2.10. The van der Waals surface area contributed by atoms with Gasteiger partial charge in [0.2, 0.25) is 0 Å². The number of hydrogen-bond acceptors (Lipinski definition) is 4. The van der Waals surface area contributed by atoms with Gasteiger partial charge in [0.1, 0.15) is 5.82 Å². The van der Waals surface area contributed by atoms with Crippen molar-refractivity contribution in [1.82, 2.24) is 15.0 Å². The quantitative estimate of drug-likeness (QED) is 0.619. The van der Waals surface area contributed by atoms with Crippen molar-refractivity contribution in [2.24, 2.45) is 0 Å². The summed E-state index contributed by atoms with van der Waals surface area (Å²) in [5, 5.41) is 3.62. The highest BCUT2D eigenvalue weighted by Crippen LogP contribution is 2.24. The molecule has 0 aliphatic carbocycles. The highest BCUT2D eigenvalue weighted by Gasteiger charge is 2.14. The predicted molar refractivity (Wildman–Crippen MR) is 97.2 cm³/mol. The fourth-order valence-electron chi connectivity index (χ4n) is 2.63. The van der Waals surface area contributed by atoms with Gasteiger partial charge in [0.15, 0.2) is 0 Å². The number of anilines is 1. The number of benzene rings is 1. The molecule has 5 heteroatoms. The highest BCUT2D eigenvalue weighted by atomic mass is 16.1. The topological polar surface area (TPSA) is 67.8 Å². The molecule has 0 aliphatic heterocycles. The van der Waals surface area contributed by atoms with E-state index in [1.807, 2.05) is 48.5 Å². The standard InChI is InChI=1S/C20H14N4O/c25-20(24-19-10-4-6-12-22-19)15-13-18(17-9-3-5-11-21-17)23-16-8-2-1-7-14(15)16/h1-13H,(H,22,24,25). The number of nitrogens with one attached hydrogen (secondary N) is 1. The van der Waals surface area contributed by atoms with Crippen LogP contribution in [0.25, 0.3) is 22.3 Å². The molecule has 4 aromatic rings. The molecule has 0 atom stereocenters. The van der Waals surface area contributed by atoms with Crippen LogP contribution in [0, 0.1) is 0 Å². The van der Waals surface area contributed by atoms with Crippen molar-refractivity contribution in [3.63, 3.8) is 0 Å². The van der Waals surface area contributed by atoms with E-state index in [0.29, 0.717) is 17.1 Å². The van der Waals surface area contributed by atoms with Crippen LogP contribution < -0.4 is 5.32 Å². The van der Waals surface area contributed by atoms with Gasteiger partial charge < -0.3 is 5.32 Å². The molecule has 0 saturated heterocycles. The van der Waals surface area contributed by atoms with Crippen LogP contribution in [0.3, 0.4) is 0 Å². The largest absolute Gasteiger partial charge is 0.307 e. The second-order valence-electron chi connectivity index (χ2n) is 5.46. The number of carbonyl (C=O) groups excluding carboxylic acids is 1. The van der Waals surface area contributed by atoms with Crippen molar-refractivity contribution >= 4 is 22.6 Å². The van der Waals surface area contributed by atoms with Gasteiger partial charge in [-0.2, -0.15) is 0 Å². The van der Waals surface area contributed by atoms with Crippen LogP contribution in [0.15, 0.2) is 79.1 Å². The maximum absolute atomic E-state index is 12.8. The number of aromatic nitrogens is 3. The van der Waals surface area contributed by atoms with E-state index in [1.165, 1.54) is 0 Å². The molecule has 0 radical (unpaired) electrons. The molecule has 0 fully saturated rings. The molecule has 1 N–H and O–H groups in total. The molecule has 120 valence electrons. The van der Waals surface area contributed by atoms with E-state index in [2.05, 4.69) is 20.3 Å². The first-order chi connectivity index (χ1) is 12.3. The van der Waals surface area contributed by atoms with E-state index in [0.717, 1.165) is 16.6 Å². The Morgan fingerprint density at radius 1 is 0.800 bits per heavy atom. The Hall–Kier alpha value is -3.60. The molecule has 0 unspecified atom stereocenters. The zero-order chi connectivity index (χ0) is 17.1. The summed E-state index contributed by atoms with van der Waals surface area (Å²) in [6, 6.07) is 20.3. The summed E-state index contributed by atoms with van der Waals surface area (Å²) < 4.78 is 0. The Morgan fingerprint density at radius 3 is 2.32 bits per heavy atom. The van der Waals surface area contributed by atoms with Gasteiger partial charge in [0, 0.05) is 17.8 Å². The number of amides is 1. The fourth-order valence-corrected chi connectivity index (χ4v) is 2.63. The monoisotopic (exact) mass is 326 g/mol. The summed E-state index contributed by atoms with van der Waals surface area (Å²) in [7, 11) is 0. The normalized spacial score (nSPS) is 10.6. The third kappa shape index (κ3) is 3.07. The first kappa shape index (κ1) is 15.0. The second-order valence-corrected chi connectivity index (χ2v) is 5.46. The molecule has 0 aliphatic rings. The fraction of sp³-hybridized carbons (Fsp3) is 0. The van der Waals surface area contributed by atoms with Gasteiger partial charge in [-0.25, -0.2) is 9.97 Å². The predicted octanol–water partition coefficient (Wildman–Crippen LogP) is 3.94. The Morgan fingerprint density at radius 2 is 1.56 bits per heavy atom. The van der Waals surface area contributed by atoms with Gasteiger partial charge in [0.25, 0.3) is 5.91 Å². The molecular formula is C20H14N4O. The van der Waals surface area contributed by atoms with Crippen molar-refractivity contribution in [1.29, 1.82) is 0 Å². The van der Waals surface area contributed by atoms with Crippen LogP contribution in [0.2, 0.25) is 0 Å². The molecule has 0 saturated carbocycles. The SMILES string of the molecule is O=C(Nc1ccccn1)c1cc(-c2ccccn2)nc2ccccc12. The third-order valence-electron chi connectivity index (χ3n) is 3.79. The van der Waals surface area contributed by atoms with Crippen molar-refractivity contribution in [3.8, 4) is 11.4 Å². The summed E-state index contributed by atoms with van der Waals surface area (Å²) in [5.74, 6) is 0.280. The third-order valence-corrected chi connectivity index (χ3v) is 3.79. The van der Waals surface area contributed by atoms with Gasteiger partial charge in [-0.05, 0) is 36.4 Å². The highest BCUT2D eigenvalue weighted by molar-refractivity contribution is 6.12. The Kier molecular flexibility index (Phi) is 3.88. The first-order valence-electron chi connectivity index (χ1n) is 7.85. The number of nitrogens with zero attached hydrogens (tertiary/aromatic N) is 3. The maximum atomic E-state index is 12.8. The molecule has 0 bridgehead atoms. The van der Waals surface area contributed by atoms with E-state index < -0.39 is 0 Å². The van der Waals surface area contributed by atoms with E-state index in [4.69, 9.17) is 0 Å². The van der Waals surface area contributed by atoms with Crippen LogP contribution in [0.1, 0.15) is 10.4 Å². The van der Waals surface area contributed by atoms with Crippen molar-refractivity contribution in [2.45, 2.75) is 0 Å². The molecule has 3 heterocycles. The Bertz CT molecular complexity index is 1030. The molecule has 25 heavy (non-hydrogen) atoms. The molecule has 3 aromatic heterocycles. The Labute approximate surface area is 144 Å². The minimum Gasteiger partial charge on any atom is -0.307 e. The lowest BCUT2D eigenvalue weighted by Crippen LogP contribution is -2.14. The van der Waals surface area contributed by atoms with Crippen molar-refractivity contribution < 1.29 is 4.79 Å². The minimum atomic E-state index is -0.227. The minimum absolute atomic E-state index is 0.227. The summed E-state index contributed by atoms with van der Waals surface area (Å²) >= 11 is 0. The van der Waals surface area contributed by atoms with Crippen LogP contribution in [-0.2, 0) is 0 Å². The summed E-state index contributed by atoms with van der Waals surface area (Å²) in [5.41, 5.74) is 2.67. The molecule has 5 nitrogen and oxygen atoms in total. The second kappa shape index (κ2) is 6.49. The van der Waals surface area contributed by atoms with Crippen molar-refractivity contribution in [2.75, 3.05) is 5.32 Å². The van der Waals surface area contributed by atoms with Crippen LogP contribution in [0.5, 0.6) is 0 Å². The van der Waals surface area contributed by atoms with Crippen molar-refractivity contribution in [3.05, 3.63) is 84.7 Å². The number of pyridine rings is 3. The average Bonchev–Trinajstić information content (AvgIpc) is 2.68. The van der Waals surface area contributed by atoms with Crippen LogP contribution >= 0.6 is 0 Å². The van der Waals surface area contributed by atoms with Gasteiger partial charge in [-0.15, -0.1) is 0 Å². The molecule has 4 rings (SSSR count). The zero-order valence-electron chi connectivity index (χ0n) is 13.3.